The first-order valence-electron chi connectivity index (χ1n) is 6.58. The lowest BCUT2D eigenvalue weighted by Gasteiger charge is -2.06. The van der Waals surface area contributed by atoms with Crippen LogP contribution >= 0.6 is 11.8 Å². The Hall–Kier alpha value is -1.95. The van der Waals surface area contributed by atoms with Crippen molar-refractivity contribution in [1.29, 1.82) is 0 Å². The number of nitrogens with one attached hydrogen (secondary N) is 1. The van der Waals surface area contributed by atoms with E-state index in [9.17, 15) is 4.79 Å². The van der Waals surface area contributed by atoms with Gasteiger partial charge in [0.05, 0.1) is 29.9 Å². The Labute approximate surface area is 128 Å². The molecule has 0 aliphatic carbocycles. The zero-order valence-corrected chi connectivity index (χ0v) is 13.5. The third kappa shape index (κ3) is 3.78. The molecule has 0 atom stereocenters. The largest absolute Gasteiger partial charge is 0.497 e. The molecule has 1 N–H and O–H groups in total. The van der Waals surface area contributed by atoms with Crippen LogP contribution in [0.5, 0.6) is 5.75 Å². The molecule has 0 bridgehead atoms. The number of thioether (sulfide) groups is 1. The third-order valence-electron chi connectivity index (χ3n) is 3.20. The minimum atomic E-state index is -0.0324. The van der Waals surface area contributed by atoms with Gasteiger partial charge in [-0.2, -0.15) is 5.10 Å². The van der Waals surface area contributed by atoms with E-state index in [1.54, 1.807) is 11.8 Å². The van der Waals surface area contributed by atoms with Crippen molar-refractivity contribution in [3.05, 3.63) is 35.7 Å². The summed E-state index contributed by atoms with van der Waals surface area (Å²) >= 11 is 1.49. The molecular formula is C15H19N3O2S. The number of ether oxygens (including phenoxy) is 1. The SMILES string of the molecule is COc1ccc(SCC(=O)Nc2c(C)nn(C)c2C)cc1. The zero-order chi connectivity index (χ0) is 15.4. The molecule has 5 nitrogen and oxygen atoms in total. The van der Waals surface area contributed by atoms with Crippen LogP contribution in [0.3, 0.4) is 0 Å². The van der Waals surface area contributed by atoms with Crippen molar-refractivity contribution in [2.75, 3.05) is 18.2 Å². The van der Waals surface area contributed by atoms with E-state index in [-0.39, 0.29) is 5.91 Å². The second kappa shape index (κ2) is 6.67. The van der Waals surface area contributed by atoms with Gasteiger partial charge in [0.25, 0.3) is 0 Å². The number of rotatable bonds is 5. The predicted octanol–water partition coefficient (Wildman–Crippen LogP) is 2.78. The van der Waals surface area contributed by atoms with Gasteiger partial charge in [-0.1, -0.05) is 0 Å². The van der Waals surface area contributed by atoms with Crippen LogP contribution in [0.15, 0.2) is 29.2 Å². The van der Waals surface area contributed by atoms with E-state index in [2.05, 4.69) is 10.4 Å². The van der Waals surface area contributed by atoms with Crippen LogP contribution in [0.4, 0.5) is 5.69 Å². The Morgan fingerprint density at radius 2 is 2.00 bits per heavy atom. The fourth-order valence-electron chi connectivity index (χ4n) is 1.95. The maximum Gasteiger partial charge on any atom is 0.234 e. The first kappa shape index (κ1) is 15.4. The summed E-state index contributed by atoms with van der Waals surface area (Å²) in [5, 5.41) is 7.21. The summed E-state index contributed by atoms with van der Waals surface area (Å²) in [6.45, 7) is 3.82. The highest BCUT2D eigenvalue weighted by Crippen LogP contribution is 2.22. The summed E-state index contributed by atoms with van der Waals surface area (Å²) in [7, 11) is 3.50. The maximum absolute atomic E-state index is 12.0. The summed E-state index contributed by atoms with van der Waals surface area (Å²) in [4.78, 5) is 13.1. The monoisotopic (exact) mass is 305 g/mol. The average molecular weight is 305 g/mol. The van der Waals surface area contributed by atoms with E-state index in [1.807, 2.05) is 45.2 Å². The van der Waals surface area contributed by atoms with Crippen molar-refractivity contribution in [2.45, 2.75) is 18.7 Å². The van der Waals surface area contributed by atoms with Crippen molar-refractivity contribution in [3.63, 3.8) is 0 Å². The molecular weight excluding hydrogens is 286 g/mol. The Bertz CT molecular complexity index is 635. The number of hydrogen-bond donors (Lipinski definition) is 1. The second-order valence-electron chi connectivity index (χ2n) is 4.68. The van der Waals surface area contributed by atoms with Gasteiger partial charge in [0, 0.05) is 11.9 Å². The van der Waals surface area contributed by atoms with Crippen LogP contribution in [0.1, 0.15) is 11.4 Å². The molecule has 112 valence electrons. The molecule has 21 heavy (non-hydrogen) atoms. The maximum atomic E-state index is 12.0. The number of amides is 1. The molecule has 0 aliphatic rings. The molecule has 0 radical (unpaired) electrons. The van der Waals surface area contributed by atoms with Crippen molar-refractivity contribution in [3.8, 4) is 5.75 Å². The highest BCUT2D eigenvalue weighted by Gasteiger charge is 2.12. The van der Waals surface area contributed by atoms with Gasteiger partial charge in [0.15, 0.2) is 0 Å². The van der Waals surface area contributed by atoms with Gasteiger partial charge in [0.1, 0.15) is 5.75 Å². The zero-order valence-electron chi connectivity index (χ0n) is 12.6. The standard InChI is InChI=1S/C15H19N3O2S/c1-10-15(11(2)18(3)17-10)16-14(19)9-21-13-7-5-12(20-4)6-8-13/h5-8H,9H2,1-4H3,(H,16,19). The summed E-state index contributed by atoms with van der Waals surface area (Å²) in [6, 6.07) is 7.65. The van der Waals surface area contributed by atoms with E-state index in [0.29, 0.717) is 5.75 Å². The van der Waals surface area contributed by atoms with Gasteiger partial charge in [-0.05, 0) is 38.1 Å². The highest BCUT2D eigenvalue weighted by atomic mass is 32.2. The topological polar surface area (TPSA) is 56.1 Å². The molecule has 6 heteroatoms. The van der Waals surface area contributed by atoms with Crippen LogP contribution in [0, 0.1) is 13.8 Å². The lowest BCUT2D eigenvalue weighted by molar-refractivity contribution is -0.113. The van der Waals surface area contributed by atoms with Crippen LogP contribution in [-0.2, 0) is 11.8 Å². The molecule has 0 aliphatic heterocycles. The normalized spacial score (nSPS) is 10.5. The van der Waals surface area contributed by atoms with E-state index in [0.717, 1.165) is 27.7 Å². The van der Waals surface area contributed by atoms with E-state index >= 15 is 0 Å². The number of carbonyl (C=O) groups is 1. The number of carbonyl (C=O) groups excluding carboxylic acids is 1. The lowest BCUT2D eigenvalue weighted by atomic mass is 10.3. The molecule has 0 fully saturated rings. The number of hydrogen-bond acceptors (Lipinski definition) is 4. The van der Waals surface area contributed by atoms with Gasteiger partial charge in [0.2, 0.25) is 5.91 Å². The van der Waals surface area contributed by atoms with E-state index in [4.69, 9.17) is 4.74 Å². The fourth-order valence-corrected chi connectivity index (χ4v) is 2.65. The predicted molar refractivity (Wildman–Crippen MR) is 85.0 cm³/mol. The van der Waals surface area contributed by atoms with Crippen LogP contribution in [-0.4, -0.2) is 28.6 Å². The number of anilines is 1. The highest BCUT2D eigenvalue weighted by molar-refractivity contribution is 8.00. The van der Waals surface area contributed by atoms with Gasteiger partial charge < -0.3 is 10.1 Å². The molecule has 1 aromatic heterocycles. The number of aromatic nitrogens is 2. The molecule has 2 rings (SSSR count). The Kier molecular flexibility index (Phi) is 4.90. The van der Waals surface area contributed by atoms with Crippen LogP contribution < -0.4 is 10.1 Å². The first-order valence-corrected chi connectivity index (χ1v) is 7.56. The lowest BCUT2D eigenvalue weighted by Crippen LogP contribution is -2.15. The number of methoxy groups -OCH3 is 1. The summed E-state index contributed by atoms with van der Waals surface area (Å²) in [5.41, 5.74) is 2.59. The third-order valence-corrected chi connectivity index (χ3v) is 4.21. The van der Waals surface area contributed by atoms with Crippen molar-refractivity contribution in [1.82, 2.24) is 9.78 Å². The average Bonchev–Trinajstić information content (AvgIpc) is 2.72. The van der Waals surface area contributed by atoms with Gasteiger partial charge in [-0.25, -0.2) is 0 Å². The number of nitrogens with zero attached hydrogens (tertiary/aromatic N) is 2. The Morgan fingerprint density at radius 3 is 2.52 bits per heavy atom. The number of aryl methyl sites for hydroxylation is 2. The summed E-state index contributed by atoms with van der Waals surface area (Å²) in [5.74, 6) is 1.14. The van der Waals surface area contributed by atoms with Crippen LogP contribution in [0.2, 0.25) is 0 Å². The molecule has 1 heterocycles. The van der Waals surface area contributed by atoms with E-state index < -0.39 is 0 Å². The van der Waals surface area contributed by atoms with E-state index in [1.165, 1.54) is 11.8 Å². The second-order valence-corrected chi connectivity index (χ2v) is 5.73. The molecule has 1 aromatic carbocycles. The minimum Gasteiger partial charge on any atom is -0.497 e. The minimum absolute atomic E-state index is 0.0324. The van der Waals surface area contributed by atoms with Crippen LogP contribution in [0.25, 0.3) is 0 Å². The molecule has 2 aromatic rings. The van der Waals surface area contributed by atoms with Crippen molar-refractivity contribution < 1.29 is 9.53 Å². The molecule has 0 spiro atoms. The van der Waals surface area contributed by atoms with Gasteiger partial charge >= 0.3 is 0 Å². The van der Waals surface area contributed by atoms with Gasteiger partial charge in [-0.3, -0.25) is 9.48 Å². The smallest absolute Gasteiger partial charge is 0.234 e. The summed E-state index contributed by atoms with van der Waals surface area (Å²) in [6.07, 6.45) is 0. The van der Waals surface area contributed by atoms with Gasteiger partial charge in [-0.15, -0.1) is 11.8 Å². The van der Waals surface area contributed by atoms with Crippen molar-refractivity contribution in [2.24, 2.45) is 7.05 Å². The number of benzene rings is 1. The molecule has 1 amide bonds. The molecule has 0 saturated carbocycles. The quantitative estimate of drug-likeness (QED) is 0.863. The Morgan fingerprint density at radius 1 is 1.33 bits per heavy atom. The first-order chi connectivity index (χ1) is 10.0. The fraction of sp³-hybridized carbons (Fsp3) is 0.333. The summed E-state index contributed by atoms with van der Waals surface area (Å²) < 4.78 is 6.87. The van der Waals surface area contributed by atoms with Crippen molar-refractivity contribution >= 4 is 23.4 Å². The molecule has 0 saturated heterocycles. The molecule has 0 unspecified atom stereocenters. The Balaban J connectivity index is 1.92.